The minimum atomic E-state index is 0.0199. The van der Waals surface area contributed by atoms with Crippen LogP contribution in [-0.4, -0.2) is 22.7 Å². The highest BCUT2D eigenvalue weighted by molar-refractivity contribution is 7.05. The molecule has 0 aromatic carbocycles. The van der Waals surface area contributed by atoms with Crippen LogP contribution in [0, 0.1) is 0 Å². The normalized spacial score (nSPS) is 17.8. The van der Waals surface area contributed by atoms with Crippen LogP contribution in [0.15, 0.2) is 11.8 Å². The molecular weight excluding hydrogens is 258 g/mol. The summed E-state index contributed by atoms with van der Waals surface area (Å²) in [4.78, 5) is 1.23. The van der Waals surface area contributed by atoms with Crippen LogP contribution < -0.4 is 5.32 Å². The Kier molecular flexibility index (Phi) is 4.58. The van der Waals surface area contributed by atoms with Crippen molar-refractivity contribution in [1.29, 1.82) is 0 Å². The molecule has 1 unspecified atom stereocenters. The Morgan fingerprint density at radius 3 is 2.84 bits per heavy atom. The van der Waals surface area contributed by atoms with E-state index >= 15 is 0 Å². The maximum absolute atomic E-state index is 5.49. The minimum absolute atomic E-state index is 0.0199. The fourth-order valence-corrected chi connectivity index (χ4v) is 3.28. The number of nitrogens with one attached hydrogen (secondary N) is 1. The summed E-state index contributed by atoms with van der Waals surface area (Å²) in [5.74, 6) is 0. The van der Waals surface area contributed by atoms with Crippen LogP contribution in [0.3, 0.4) is 0 Å². The Morgan fingerprint density at radius 2 is 2.26 bits per heavy atom. The van der Waals surface area contributed by atoms with Crippen molar-refractivity contribution in [3.8, 4) is 0 Å². The van der Waals surface area contributed by atoms with E-state index in [0.717, 1.165) is 31.7 Å². The molecule has 1 aromatic heterocycles. The maximum atomic E-state index is 5.49. The molecule has 2 rings (SSSR count). The van der Waals surface area contributed by atoms with Gasteiger partial charge in [0.25, 0.3) is 0 Å². The smallest absolute Gasteiger partial charge is 0.0876 e. The predicted molar refractivity (Wildman–Crippen MR) is 78.3 cm³/mol. The second-order valence-corrected chi connectivity index (χ2v) is 6.68. The van der Waals surface area contributed by atoms with Crippen molar-refractivity contribution in [3.63, 3.8) is 0 Å². The molecule has 1 N–H and O–H groups in total. The summed E-state index contributed by atoms with van der Waals surface area (Å²) in [6.45, 7) is 10.4. The molecule has 0 bridgehead atoms. The van der Waals surface area contributed by atoms with Gasteiger partial charge in [-0.1, -0.05) is 32.2 Å². The first-order chi connectivity index (χ1) is 9.04. The first-order valence-corrected chi connectivity index (χ1v) is 7.68. The van der Waals surface area contributed by atoms with Crippen molar-refractivity contribution in [2.45, 2.75) is 52.0 Å². The topological polar surface area (TPSA) is 47.0 Å². The Hall–Kier alpha value is -0.940. The zero-order valence-electron chi connectivity index (χ0n) is 12.2. The van der Waals surface area contributed by atoms with Crippen LogP contribution in [0.5, 0.6) is 0 Å². The van der Waals surface area contributed by atoms with Gasteiger partial charge in [-0.3, -0.25) is 0 Å². The van der Waals surface area contributed by atoms with Crippen molar-refractivity contribution in [1.82, 2.24) is 14.9 Å². The van der Waals surface area contributed by atoms with Gasteiger partial charge in [0.05, 0.1) is 29.5 Å². The highest BCUT2D eigenvalue weighted by Crippen LogP contribution is 2.35. The van der Waals surface area contributed by atoms with Gasteiger partial charge in [0.15, 0.2) is 0 Å². The number of rotatable bonds is 4. The second-order valence-electron chi connectivity index (χ2n) is 5.89. The van der Waals surface area contributed by atoms with Crippen LogP contribution in [0.2, 0.25) is 0 Å². The first-order valence-electron chi connectivity index (χ1n) is 6.90. The van der Waals surface area contributed by atoms with Crippen molar-refractivity contribution >= 4 is 11.5 Å². The van der Waals surface area contributed by atoms with E-state index in [1.165, 1.54) is 22.0 Å². The third kappa shape index (κ3) is 3.34. The molecule has 0 amide bonds. The van der Waals surface area contributed by atoms with Gasteiger partial charge in [0, 0.05) is 5.41 Å². The van der Waals surface area contributed by atoms with Gasteiger partial charge in [-0.15, -0.1) is 5.10 Å². The number of ether oxygens (including phenoxy) is 1. The molecule has 0 aliphatic carbocycles. The largest absolute Gasteiger partial charge is 0.501 e. The highest BCUT2D eigenvalue weighted by Gasteiger charge is 2.29. The van der Waals surface area contributed by atoms with E-state index in [-0.39, 0.29) is 11.5 Å². The lowest BCUT2D eigenvalue weighted by atomic mass is 9.88. The number of hydrogen-bond acceptors (Lipinski definition) is 5. The van der Waals surface area contributed by atoms with Gasteiger partial charge in [-0.2, -0.15) is 0 Å². The summed E-state index contributed by atoms with van der Waals surface area (Å²) in [5.41, 5.74) is 2.42. The summed E-state index contributed by atoms with van der Waals surface area (Å²) in [6, 6.07) is 0.194. The fraction of sp³-hybridized carbons (Fsp3) is 0.714. The molecule has 0 saturated carbocycles. The maximum Gasteiger partial charge on any atom is 0.0876 e. The SMILES string of the molecule is CCNC(C1=COCCC1)c1snnc1C(C)(C)C. The van der Waals surface area contributed by atoms with Gasteiger partial charge < -0.3 is 10.1 Å². The third-order valence-electron chi connectivity index (χ3n) is 3.23. The zero-order chi connectivity index (χ0) is 13.9. The van der Waals surface area contributed by atoms with E-state index in [4.69, 9.17) is 4.74 Å². The van der Waals surface area contributed by atoms with E-state index in [1.54, 1.807) is 0 Å². The molecule has 1 aliphatic heterocycles. The standard InChI is InChI=1S/C14H23N3OS/c1-5-15-11(10-7-6-8-18-9-10)12-13(14(2,3)4)16-17-19-12/h9,11,15H,5-8H2,1-4H3. The molecule has 2 heterocycles. The van der Waals surface area contributed by atoms with E-state index < -0.39 is 0 Å². The summed E-state index contributed by atoms with van der Waals surface area (Å²) in [5, 5.41) is 7.90. The molecular formula is C14H23N3OS. The lowest BCUT2D eigenvalue weighted by molar-refractivity contribution is 0.219. The van der Waals surface area contributed by atoms with E-state index in [9.17, 15) is 0 Å². The molecule has 5 heteroatoms. The fourth-order valence-electron chi connectivity index (χ4n) is 2.30. The van der Waals surface area contributed by atoms with Crippen LogP contribution in [0.4, 0.5) is 0 Å². The summed E-state index contributed by atoms with van der Waals surface area (Å²) >= 11 is 1.50. The minimum Gasteiger partial charge on any atom is -0.501 e. The average Bonchev–Trinajstić information content (AvgIpc) is 2.86. The molecule has 0 saturated heterocycles. The highest BCUT2D eigenvalue weighted by atomic mass is 32.1. The molecule has 1 aliphatic rings. The Balaban J connectivity index is 2.34. The molecule has 0 radical (unpaired) electrons. The monoisotopic (exact) mass is 281 g/mol. The molecule has 1 atom stereocenters. The average molecular weight is 281 g/mol. The van der Waals surface area contributed by atoms with E-state index in [2.05, 4.69) is 42.6 Å². The van der Waals surface area contributed by atoms with Crippen molar-refractivity contribution < 1.29 is 4.74 Å². The Bertz CT molecular complexity index is 448. The lowest BCUT2D eigenvalue weighted by Crippen LogP contribution is -2.26. The van der Waals surface area contributed by atoms with Crippen LogP contribution >= 0.6 is 11.5 Å². The lowest BCUT2D eigenvalue weighted by Gasteiger charge is -2.26. The molecule has 19 heavy (non-hydrogen) atoms. The molecule has 0 spiro atoms. The van der Waals surface area contributed by atoms with Crippen LogP contribution in [0.25, 0.3) is 0 Å². The van der Waals surface area contributed by atoms with Gasteiger partial charge >= 0.3 is 0 Å². The molecule has 0 fully saturated rings. The number of nitrogens with zero attached hydrogens (tertiary/aromatic N) is 2. The first kappa shape index (κ1) is 14.5. The second kappa shape index (κ2) is 6.01. The summed E-state index contributed by atoms with van der Waals surface area (Å²) in [6.07, 6.45) is 4.09. The number of likely N-dealkylation sites (N-methyl/N-ethyl adjacent to an activating group) is 1. The quantitative estimate of drug-likeness (QED) is 0.921. The van der Waals surface area contributed by atoms with Gasteiger partial charge in [-0.25, -0.2) is 0 Å². The van der Waals surface area contributed by atoms with Crippen LogP contribution in [-0.2, 0) is 10.2 Å². The van der Waals surface area contributed by atoms with Gasteiger partial charge in [0.1, 0.15) is 0 Å². The van der Waals surface area contributed by atoms with E-state index in [1.807, 2.05) is 6.26 Å². The molecule has 106 valence electrons. The van der Waals surface area contributed by atoms with Crippen molar-refractivity contribution in [2.24, 2.45) is 0 Å². The number of hydrogen-bond donors (Lipinski definition) is 1. The van der Waals surface area contributed by atoms with Gasteiger partial charge in [-0.05, 0) is 36.5 Å². The third-order valence-corrected chi connectivity index (χ3v) is 4.02. The predicted octanol–water partition coefficient (Wildman–Crippen LogP) is 3.18. The Labute approximate surface area is 119 Å². The van der Waals surface area contributed by atoms with Crippen molar-refractivity contribution in [2.75, 3.05) is 13.2 Å². The Morgan fingerprint density at radius 1 is 1.47 bits per heavy atom. The van der Waals surface area contributed by atoms with Crippen molar-refractivity contribution in [3.05, 3.63) is 22.4 Å². The molecule has 4 nitrogen and oxygen atoms in total. The molecule has 1 aromatic rings. The van der Waals surface area contributed by atoms with Gasteiger partial charge in [0.2, 0.25) is 0 Å². The summed E-state index contributed by atoms with van der Waals surface area (Å²) < 4.78 is 9.66. The summed E-state index contributed by atoms with van der Waals surface area (Å²) in [7, 11) is 0. The number of aromatic nitrogens is 2. The van der Waals surface area contributed by atoms with E-state index in [0.29, 0.717) is 0 Å². The van der Waals surface area contributed by atoms with Crippen LogP contribution in [0.1, 0.15) is 57.1 Å². The zero-order valence-corrected chi connectivity index (χ0v) is 13.0.